The van der Waals surface area contributed by atoms with Gasteiger partial charge in [0.05, 0.1) is 23.0 Å². The van der Waals surface area contributed by atoms with Gasteiger partial charge in [-0.05, 0) is 74.8 Å². The summed E-state index contributed by atoms with van der Waals surface area (Å²) in [6, 6.07) is 4.50. The highest BCUT2D eigenvalue weighted by Crippen LogP contribution is 2.45. The fourth-order valence-corrected chi connectivity index (χ4v) is 5.02. The molecule has 1 aliphatic heterocycles. The molecule has 1 saturated carbocycles. The van der Waals surface area contributed by atoms with Crippen LogP contribution in [0.5, 0.6) is 0 Å². The number of aromatic nitrogens is 3. The van der Waals surface area contributed by atoms with Crippen LogP contribution in [0.15, 0.2) is 18.3 Å². The molecule has 2 aromatic heterocycles. The lowest BCUT2D eigenvalue weighted by atomic mass is 9.85. The first-order valence-corrected chi connectivity index (χ1v) is 10.8. The molecule has 3 heterocycles. The minimum absolute atomic E-state index is 0.0157. The molecule has 0 radical (unpaired) electrons. The molecule has 7 heteroatoms. The number of hydrogen-bond donors (Lipinski definition) is 3. The van der Waals surface area contributed by atoms with Crippen molar-refractivity contribution in [3.8, 4) is 11.4 Å². The minimum Gasteiger partial charge on any atom is -0.353 e. The van der Waals surface area contributed by atoms with Gasteiger partial charge in [-0.1, -0.05) is 0 Å². The van der Waals surface area contributed by atoms with Crippen LogP contribution in [0.25, 0.3) is 22.3 Å². The molecule has 3 aliphatic rings. The molecule has 0 bridgehead atoms. The Bertz CT molecular complexity index is 1210. The zero-order valence-corrected chi connectivity index (χ0v) is 17.3. The molecule has 3 aromatic rings. The Kier molecular flexibility index (Phi) is 3.53. The van der Waals surface area contributed by atoms with Gasteiger partial charge in [0.1, 0.15) is 6.54 Å². The molecule has 6 rings (SSSR count). The maximum absolute atomic E-state index is 13.2. The molecule has 154 valence electrons. The van der Waals surface area contributed by atoms with Gasteiger partial charge in [-0.15, -0.1) is 0 Å². The summed E-state index contributed by atoms with van der Waals surface area (Å²) in [5.74, 6) is -0.0948. The number of hydrogen-bond acceptors (Lipinski definition) is 3. The van der Waals surface area contributed by atoms with Gasteiger partial charge in [-0.25, -0.2) is 0 Å². The van der Waals surface area contributed by atoms with Gasteiger partial charge in [-0.3, -0.25) is 14.7 Å². The number of carbonyl (C=O) groups is 2. The SMILES string of the molecule is CC1(C)C(=O)N(CC(=O)NC2CC2)c2cc3c4c([nH]c3cc21)-c1[nH]ncc1CCC4. The van der Waals surface area contributed by atoms with Gasteiger partial charge in [0, 0.05) is 22.6 Å². The van der Waals surface area contributed by atoms with Crippen molar-refractivity contribution in [3.63, 3.8) is 0 Å². The summed E-state index contributed by atoms with van der Waals surface area (Å²) >= 11 is 0. The molecule has 0 unspecified atom stereocenters. The van der Waals surface area contributed by atoms with Gasteiger partial charge in [-0.2, -0.15) is 5.10 Å². The number of H-pyrrole nitrogens is 2. The predicted octanol–water partition coefficient (Wildman–Crippen LogP) is 2.95. The van der Waals surface area contributed by atoms with Crippen molar-refractivity contribution in [2.24, 2.45) is 0 Å². The van der Waals surface area contributed by atoms with E-state index < -0.39 is 5.41 Å². The standard InChI is InChI=1S/C23H25N5O2/c1-23(2)16-9-17-15(14-5-3-4-12-10-24-27-20(12)21(14)26-17)8-18(16)28(22(23)30)11-19(29)25-13-6-7-13/h8-10,13,26H,3-7,11H2,1-2H3,(H,24,27)(H,25,29). The van der Waals surface area contributed by atoms with Crippen molar-refractivity contribution < 1.29 is 9.59 Å². The Hall–Kier alpha value is -3.09. The number of rotatable bonds is 3. The van der Waals surface area contributed by atoms with Crippen LogP contribution in [0.1, 0.15) is 49.8 Å². The summed E-state index contributed by atoms with van der Waals surface area (Å²) in [5, 5.41) is 11.5. The first-order valence-electron chi connectivity index (χ1n) is 10.8. The van der Waals surface area contributed by atoms with E-state index >= 15 is 0 Å². The van der Waals surface area contributed by atoms with Gasteiger partial charge < -0.3 is 15.2 Å². The number of carbonyl (C=O) groups excluding carboxylic acids is 2. The van der Waals surface area contributed by atoms with Crippen LogP contribution < -0.4 is 10.2 Å². The number of benzene rings is 1. The summed E-state index contributed by atoms with van der Waals surface area (Å²) in [7, 11) is 0. The molecule has 7 nitrogen and oxygen atoms in total. The number of nitrogens with zero attached hydrogens (tertiary/aromatic N) is 2. The number of aryl methyl sites for hydroxylation is 2. The first-order chi connectivity index (χ1) is 14.4. The Morgan fingerprint density at radius 3 is 2.90 bits per heavy atom. The van der Waals surface area contributed by atoms with Crippen molar-refractivity contribution in [2.75, 3.05) is 11.4 Å². The number of anilines is 1. The Labute approximate surface area is 174 Å². The summed E-state index contributed by atoms with van der Waals surface area (Å²) in [6.45, 7) is 3.97. The van der Waals surface area contributed by atoms with Crippen molar-refractivity contribution in [2.45, 2.75) is 57.4 Å². The van der Waals surface area contributed by atoms with Crippen LogP contribution in [0.2, 0.25) is 0 Å². The second-order valence-electron chi connectivity index (χ2n) is 9.38. The fraction of sp³-hybridized carbons (Fsp3) is 0.435. The zero-order valence-electron chi connectivity index (χ0n) is 17.3. The number of amides is 2. The van der Waals surface area contributed by atoms with Crippen molar-refractivity contribution in [1.82, 2.24) is 20.5 Å². The quantitative estimate of drug-likeness (QED) is 0.628. The molecule has 2 aliphatic carbocycles. The lowest BCUT2D eigenvalue weighted by Crippen LogP contribution is -2.43. The maximum atomic E-state index is 13.2. The van der Waals surface area contributed by atoms with E-state index in [1.165, 1.54) is 11.1 Å². The lowest BCUT2D eigenvalue weighted by molar-refractivity contribution is -0.125. The van der Waals surface area contributed by atoms with E-state index in [0.717, 1.165) is 65.6 Å². The molecule has 30 heavy (non-hydrogen) atoms. The molecule has 1 fully saturated rings. The van der Waals surface area contributed by atoms with Crippen LogP contribution in [0, 0.1) is 0 Å². The highest BCUT2D eigenvalue weighted by molar-refractivity contribution is 6.12. The Morgan fingerprint density at radius 2 is 2.10 bits per heavy atom. The number of aromatic amines is 2. The number of fused-ring (bicyclic) bond motifs is 6. The van der Waals surface area contributed by atoms with E-state index in [0.29, 0.717) is 0 Å². The highest BCUT2D eigenvalue weighted by Gasteiger charge is 2.45. The lowest BCUT2D eigenvalue weighted by Gasteiger charge is -2.20. The van der Waals surface area contributed by atoms with E-state index in [4.69, 9.17) is 0 Å². The monoisotopic (exact) mass is 403 g/mol. The summed E-state index contributed by atoms with van der Waals surface area (Å²) in [6.07, 6.45) is 7.01. The van der Waals surface area contributed by atoms with Crippen LogP contribution in [0.4, 0.5) is 5.69 Å². The Morgan fingerprint density at radius 1 is 1.27 bits per heavy atom. The van der Waals surface area contributed by atoms with E-state index in [-0.39, 0.29) is 24.4 Å². The predicted molar refractivity (Wildman–Crippen MR) is 114 cm³/mol. The summed E-state index contributed by atoms with van der Waals surface area (Å²) in [4.78, 5) is 31.0. The topological polar surface area (TPSA) is 93.9 Å². The Balaban J connectivity index is 1.48. The summed E-state index contributed by atoms with van der Waals surface area (Å²) in [5.41, 5.74) is 6.87. The van der Waals surface area contributed by atoms with Crippen LogP contribution in [-0.2, 0) is 27.8 Å². The minimum atomic E-state index is -0.662. The zero-order chi connectivity index (χ0) is 20.6. The first kappa shape index (κ1) is 17.7. The van der Waals surface area contributed by atoms with Gasteiger partial charge in [0.25, 0.3) is 0 Å². The van der Waals surface area contributed by atoms with Crippen molar-refractivity contribution in [1.29, 1.82) is 0 Å². The third-order valence-corrected chi connectivity index (χ3v) is 6.85. The van der Waals surface area contributed by atoms with Crippen molar-refractivity contribution >= 4 is 28.4 Å². The molecule has 2 amide bonds. The normalized spacial score (nSPS) is 19.4. The van der Waals surface area contributed by atoms with E-state index in [9.17, 15) is 9.59 Å². The van der Waals surface area contributed by atoms with E-state index in [1.807, 2.05) is 20.0 Å². The smallest absolute Gasteiger partial charge is 0.240 e. The van der Waals surface area contributed by atoms with Gasteiger partial charge >= 0.3 is 0 Å². The largest absolute Gasteiger partial charge is 0.353 e. The average molecular weight is 403 g/mol. The second kappa shape index (κ2) is 5.97. The summed E-state index contributed by atoms with van der Waals surface area (Å²) < 4.78 is 0. The third-order valence-electron chi connectivity index (χ3n) is 6.85. The van der Waals surface area contributed by atoms with Crippen LogP contribution in [-0.4, -0.2) is 39.6 Å². The molecular formula is C23H25N5O2. The van der Waals surface area contributed by atoms with Crippen molar-refractivity contribution in [3.05, 3.63) is 35.0 Å². The molecule has 0 saturated heterocycles. The molecule has 0 atom stereocenters. The van der Waals surface area contributed by atoms with Crippen LogP contribution >= 0.6 is 0 Å². The second-order valence-corrected chi connectivity index (χ2v) is 9.38. The van der Waals surface area contributed by atoms with Gasteiger partial charge in [0.15, 0.2) is 0 Å². The molecule has 0 spiro atoms. The third kappa shape index (κ3) is 2.47. The molecule has 3 N–H and O–H groups in total. The number of nitrogens with one attached hydrogen (secondary N) is 3. The fourth-order valence-electron chi connectivity index (χ4n) is 5.02. The van der Waals surface area contributed by atoms with E-state index in [2.05, 4.69) is 32.6 Å². The average Bonchev–Trinajstić information content (AvgIpc) is 3.28. The maximum Gasteiger partial charge on any atom is 0.240 e. The van der Waals surface area contributed by atoms with Gasteiger partial charge in [0.2, 0.25) is 11.8 Å². The highest BCUT2D eigenvalue weighted by atomic mass is 16.2. The van der Waals surface area contributed by atoms with E-state index in [1.54, 1.807) is 4.90 Å². The molecule has 1 aromatic carbocycles. The van der Waals surface area contributed by atoms with Crippen LogP contribution in [0.3, 0.4) is 0 Å². The molecular weight excluding hydrogens is 378 g/mol.